The fourth-order valence-electron chi connectivity index (χ4n) is 4.31. The maximum Gasteiger partial charge on any atom is 0.251 e. The SMILES string of the molecule is O=C(NC1CC12CCN(C(=O)C1CCOCC1)CC2)c1ccccc1. The number of piperidine rings is 1. The number of rotatable bonds is 3. The van der Waals surface area contributed by atoms with Crippen LogP contribution in [0.3, 0.4) is 0 Å². The van der Waals surface area contributed by atoms with Gasteiger partial charge in [-0.1, -0.05) is 18.2 Å². The quantitative estimate of drug-likeness (QED) is 0.916. The van der Waals surface area contributed by atoms with Gasteiger partial charge in [0.05, 0.1) is 0 Å². The van der Waals surface area contributed by atoms with E-state index in [0.29, 0.717) is 19.1 Å². The number of carbonyl (C=O) groups is 2. The van der Waals surface area contributed by atoms with Crippen molar-refractivity contribution < 1.29 is 14.3 Å². The van der Waals surface area contributed by atoms with Crippen molar-refractivity contribution >= 4 is 11.8 Å². The summed E-state index contributed by atoms with van der Waals surface area (Å²) in [6.07, 6.45) is 4.76. The monoisotopic (exact) mass is 342 g/mol. The first-order chi connectivity index (χ1) is 12.2. The molecular weight excluding hydrogens is 316 g/mol. The van der Waals surface area contributed by atoms with Crippen molar-refractivity contribution in [2.75, 3.05) is 26.3 Å². The lowest BCUT2D eigenvalue weighted by Gasteiger charge is -2.36. The molecule has 2 saturated heterocycles. The number of hydrogen-bond donors (Lipinski definition) is 1. The first kappa shape index (κ1) is 16.6. The Kier molecular flexibility index (Phi) is 4.50. The minimum absolute atomic E-state index is 0.0168. The Bertz CT molecular complexity index is 632. The molecule has 3 aliphatic rings. The van der Waals surface area contributed by atoms with Crippen LogP contribution in [0.25, 0.3) is 0 Å². The predicted octanol–water partition coefficient (Wildman–Crippen LogP) is 2.22. The first-order valence-corrected chi connectivity index (χ1v) is 9.40. The van der Waals surface area contributed by atoms with Gasteiger partial charge in [0.1, 0.15) is 0 Å². The number of nitrogens with zero attached hydrogens (tertiary/aromatic N) is 1. The maximum atomic E-state index is 12.6. The largest absolute Gasteiger partial charge is 0.381 e. The summed E-state index contributed by atoms with van der Waals surface area (Å²) < 4.78 is 5.36. The number of amides is 2. The van der Waals surface area contributed by atoms with Gasteiger partial charge in [-0.25, -0.2) is 0 Å². The molecule has 25 heavy (non-hydrogen) atoms. The molecule has 2 amide bonds. The molecule has 1 N–H and O–H groups in total. The fourth-order valence-corrected chi connectivity index (χ4v) is 4.31. The minimum Gasteiger partial charge on any atom is -0.381 e. The van der Waals surface area contributed by atoms with Crippen LogP contribution in [0, 0.1) is 11.3 Å². The Morgan fingerprint density at radius 1 is 1.08 bits per heavy atom. The van der Waals surface area contributed by atoms with E-state index < -0.39 is 0 Å². The van der Waals surface area contributed by atoms with Crippen LogP contribution in [0.4, 0.5) is 0 Å². The summed E-state index contributed by atoms with van der Waals surface area (Å²) in [7, 11) is 0. The Morgan fingerprint density at radius 3 is 2.44 bits per heavy atom. The van der Waals surface area contributed by atoms with Gasteiger partial charge in [0.15, 0.2) is 0 Å². The number of carbonyl (C=O) groups excluding carboxylic acids is 2. The van der Waals surface area contributed by atoms with Crippen LogP contribution in [-0.2, 0) is 9.53 Å². The summed E-state index contributed by atoms with van der Waals surface area (Å²) in [5.74, 6) is 0.474. The van der Waals surface area contributed by atoms with Crippen LogP contribution in [0.15, 0.2) is 30.3 Å². The number of ether oxygens (including phenoxy) is 1. The predicted molar refractivity (Wildman–Crippen MR) is 94.1 cm³/mol. The minimum atomic E-state index is 0.0168. The van der Waals surface area contributed by atoms with E-state index in [2.05, 4.69) is 5.32 Å². The van der Waals surface area contributed by atoms with Crippen molar-refractivity contribution in [2.24, 2.45) is 11.3 Å². The average molecular weight is 342 g/mol. The lowest BCUT2D eigenvalue weighted by atomic mass is 9.90. The van der Waals surface area contributed by atoms with E-state index in [1.807, 2.05) is 35.2 Å². The number of nitrogens with one attached hydrogen (secondary N) is 1. The molecule has 5 heteroatoms. The zero-order valence-electron chi connectivity index (χ0n) is 14.6. The molecule has 1 spiro atoms. The van der Waals surface area contributed by atoms with Crippen LogP contribution >= 0.6 is 0 Å². The van der Waals surface area contributed by atoms with Crippen molar-refractivity contribution in [1.82, 2.24) is 10.2 Å². The maximum absolute atomic E-state index is 12.6. The number of benzene rings is 1. The number of likely N-dealkylation sites (tertiary alicyclic amines) is 1. The van der Waals surface area contributed by atoms with Crippen LogP contribution < -0.4 is 5.32 Å². The van der Waals surface area contributed by atoms with Gasteiger partial charge >= 0.3 is 0 Å². The van der Waals surface area contributed by atoms with E-state index in [0.717, 1.165) is 50.8 Å². The molecule has 3 fully saturated rings. The fraction of sp³-hybridized carbons (Fsp3) is 0.600. The molecular formula is C20H26N2O3. The van der Waals surface area contributed by atoms with Gasteiger partial charge in [-0.15, -0.1) is 0 Å². The molecule has 1 atom stereocenters. The first-order valence-electron chi connectivity index (χ1n) is 9.40. The van der Waals surface area contributed by atoms with E-state index in [1.165, 1.54) is 0 Å². The van der Waals surface area contributed by atoms with E-state index >= 15 is 0 Å². The third kappa shape index (κ3) is 3.43. The second-order valence-corrected chi connectivity index (χ2v) is 7.67. The second kappa shape index (κ2) is 6.79. The molecule has 1 aromatic rings. The van der Waals surface area contributed by atoms with Crippen LogP contribution in [-0.4, -0.2) is 49.1 Å². The molecule has 134 valence electrons. The third-order valence-electron chi connectivity index (χ3n) is 6.17. The Hall–Kier alpha value is -1.88. The molecule has 1 unspecified atom stereocenters. The normalized spacial score (nSPS) is 25.6. The summed E-state index contributed by atoms with van der Waals surface area (Å²) in [4.78, 5) is 27.0. The lowest BCUT2D eigenvalue weighted by molar-refractivity contribution is -0.140. The highest BCUT2D eigenvalue weighted by molar-refractivity contribution is 5.94. The Labute approximate surface area is 148 Å². The molecule has 2 heterocycles. The van der Waals surface area contributed by atoms with E-state index in [1.54, 1.807) is 0 Å². The smallest absolute Gasteiger partial charge is 0.251 e. The van der Waals surface area contributed by atoms with Crippen LogP contribution in [0.1, 0.15) is 42.5 Å². The molecule has 1 aromatic carbocycles. The molecule has 1 saturated carbocycles. The zero-order valence-corrected chi connectivity index (χ0v) is 14.6. The highest BCUT2D eigenvalue weighted by Gasteiger charge is 2.56. The van der Waals surface area contributed by atoms with Crippen molar-refractivity contribution in [3.05, 3.63) is 35.9 Å². The lowest BCUT2D eigenvalue weighted by Crippen LogP contribution is -2.45. The standard InChI is InChI=1S/C20H26N2O3/c23-18(15-4-2-1-3-5-15)21-17-14-20(17)8-10-22(11-9-20)19(24)16-6-12-25-13-7-16/h1-5,16-17H,6-14H2,(H,21,23). The molecule has 1 aliphatic carbocycles. The molecule has 0 aromatic heterocycles. The van der Waals surface area contributed by atoms with Gasteiger partial charge in [0.2, 0.25) is 5.91 Å². The summed E-state index contributed by atoms with van der Waals surface area (Å²) in [6.45, 7) is 3.07. The van der Waals surface area contributed by atoms with Crippen molar-refractivity contribution in [1.29, 1.82) is 0 Å². The van der Waals surface area contributed by atoms with Crippen LogP contribution in [0.5, 0.6) is 0 Å². The molecule has 0 radical (unpaired) electrons. The van der Waals surface area contributed by atoms with E-state index in [4.69, 9.17) is 4.74 Å². The Balaban J connectivity index is 1.28. The van der Waals surface area contributed by atoms with Gasteiger partial charge in [-0.2, -0.15) is 0 Å². The average Bonchev–Trinajstić information content (AvgIpc) is 3.34. The molecule has 5 nitrogen and oxygen atoms in total. The summed E-state index contributed by atoms with van der Waals surface area (Å²) in [5.41, 5.74) is 0.938. The van der Waals surface area contributed by atoms with Crippen molar-refractivity contribution in [3.8, 4) is 0 Å². The van der Waals surface area contributed by atoms with Crippen molar-refractivity contribution in [3.63, 3.8) is 0 Å². The van der Waals surface area contributed by atoms with Gasteiger partial charge in [-0.3, -0.25) is 9.59 Å². The summed E-state index contributed by atoms with van der Waals surface area (Å²) in [6, 6.07) is 9.65. The molecule has 4 rings (SSSR count). The summed E-state index contributed by atoms with van der Waals surface area (Å²) >= 11 is 0. The highest BCUT2D eigenvalue weighted by Crippen LogP contribution is 2.54. The van der Waals surface area contributed by atoms with E-state index in [9.17, 15) is 9.59 Å². The van der Waals surface area contributed by atoms with E-state index in [-0.39, 0.29) is 23.3 Å². The molecule has 0 bridgehead atoms. The highest BCUT2D eigenvalue weighted by atomic mass is 16.5. The zero-order chi connectivity index (χ0) is 17.3. The third-order valence-corrected chi connectivity index (χ3v) is 6.17. The van der Waals surface area contributed by atoms with Gasteiger partial charge < -0.3 is 15.0 Å². The summed E-state index contributed by atoms with van der Waals surface area (Å²) in [5, 5.41) is 3.18. The topological polar surface area (TPSA) is 58.6 Å². The van der Waals surface area contributed by atoms with Crippen molar-refractivity contribution in [2.45, 2.75) is 38.1 Å². The van der Waals surface area contributed by atoms with Gasteiger partial charge in [0.25, 0.3) is 5.91 Å². The number of hydrogen-bond acceptors (Lipinski definition) is 3. The molecule has 2 aliphatic heterocycles. The van der Waals surface area contributed by atoms with Crippen LogP contribution in [0.2, 0.25) is 0 Å². The van der Waals surface area contributed by atoms with Gasteiger partial charge in [-0.05, 0) is 49.7 Å². The second-order valence-electron chi connectivity index (χ2n) is 7.67. The van der Waals surface area contributed by atoms with Gasteiger partial charge in [0, 0.05) is 43.8 Å². The Morgan fingerprint density at radius 2 is 1.76 bits per heavy atom.